The number of carboxylic acids is 1. The molecule has 152 valence electrons. The van der Waals surface area contributed by atoms with Crippen molar-refractivity contribution in [3.63, 3.8) is 0 Å². The van der Waals surface area contributed by atoms with Crippen LogP contribution in [0.3, 0.4) is 0 Å². The van der Waals surface area contributed by atoms with Gasteiger partial charge in [0.2, 0.25) is 0 Å². The molecule has 12 heteroatoms. The van der Waals surface area contributed by atoms with Crippen molar-refractivity contribution in [2.24, 2.45) is 11.5 Å². The van der Waals surface area contributed by atoms with Crippen molar-refractivity contribution in [2.75, 3.05) is 6.54 Å². The molecule has 0 saturated carbocycles. The van der Waals surface area contributed by atoms with E-state index in [2.05, 4.69) is 21.0 Å². The molecule has 0 bridgehead atoms. The van der Waals surface area contributed by atoms with Gasteiger partial charge in [-0.25, -0.2) is 9.67 Å². The second-order valence-electron chi connectivity index (χ2n) is 5.63. The first kappa shape index (κ1) is 22.1. The molecule has 1 aromatic carbocycles. The number of primary amides is 1. The number of nitrogens with two attached hydrogens (primary N) is 2. The first-order valence-electron chi connectivity index (χ1n) is 7.95. The topological polar surface area (TPSA) is 170 Å². The number of amides is 1. The summed E-state index contributed by atoms with van der Waals surface area (Å²) in [4.78, 5) is 24.2. The summed E-state index contributed by atoms with van der Waals surface area (Å²) in [6.45, 7) is 0.145. The number of aromatic nitrogens is 4. The zero-order chi connectivity index (χ0) is 21.6. The third-order valence-electron chi connectivity index (χ3n) is 3.38. The molecule has 0 atom stereocenters. The summed E-state index contributed by atoms with van der Waals surface area (Å²) in [6, 6.07) is 6.57. The molecule has 0 aliphatic rings. The first-order chi connectivity index (χ1) is 13.7. The lowest BCUT2D eigenvalue weighted by Gasteiger charge is -2.03. The molecule has 0 radical (unpaired) electrons. The maximum Gasteiger partial charge on any atom is 0.317 e. The van der Waals surface area contributed by atoms with Crippen LogP contribution in [-0.4, -0.2) is 48.6 Å². The number of hydrogen-bond donors (Lipinski definition) is 4. The minimum absolute atomic E-state index is 0.195. The number of nitrogens with zero attached hydrogens (tertiary/aromatic N) is 4. The third kappa shape index (κ3) is 6.42. The van der Waals surface area contributed by atoms with Gasteiger partial charge in [0.15, 0.2) is 5.69 Å². The van der Waals surface area contributed by atoms with Crippen LogP contribution < -0.4 is 11.5 Å². The van der Waals surface area contributed by atoms with Crippen LogP contribution in [0.5, 0.6) is 5.75 Å². The van der Waals surface area contributed by atoms with Gasteiger partial charge in [-0.2, -0.15) is 0 Å². The van der Waals surface area contributed by atoms with Gasteiger partial charge in [-0.3, -0.25) is 9.59 Å². The summed E-state index contributed by atoms with van der Waals surface area (Å²) in [6.07, 6.45) is 3.07. The average molecular weight is 439 g/mol. The predicted octanol–water partition coefficient (Wildman–Crippen LogP) is 1.53. The number of benzene rings is 1. The molecule has 0 aliphatic heterocycles. The summed E-state index contributed by atoms with van der Waals surface area (Å²) in [5.74, 6) is -2.08. The van der Waals surface area contributed by atoms with Crippen molar-refractivity contribution in [3.8, 4) is 17.0 Å². The molecule has 3 rings (SSSR count). The highest BCUT2D eigenvalue weighted by molar-refractivity contribution is 6.34. The smallest absolute Gasteiger partial charge is 0.317 e. The zero-order valence-corrected chi connectivity index (χ0v) is 16.3. The number of rotatable bonds is 5. The van der Waals surface area contributed by atoms with E-state index in [-0.39, 0.29) is 18.0 Å². The van der Waals surface area contributed by atoms with E-state index in [4.69, 9.17) is 34.0 Å². The Hall–Kier alpha value is -3.21. The van der Waals surface area contributed by atoms with E-state index in [1.807, 2.05) is 0 Å². The molecule has 1 amide bonds. The highest BCUT2D eigenvalue weighted by atomic mass is 35.5. The summed E-state index contributed by atoms with van der Waals surface area (Å²) in [5, 5.41) is 26.5. The normalized spacial score (nSPS) is 10.2. The summed E-state index contributed by atoms with van der Waals surface area (Å²) in [7, 11) is 0. The number of carbonyl (C=O) groups excluding carboxylic acids is 1. The highest BCUT2D eigenvalue weighted by Crippen LogP contribution is 2.23. The Morgan fingerprint density at radius 3 is 2.28 bits per heavy atom. The van der Waals surface area contributed by atoms with Crippen molar-refractivity contribution >= 4 is 35.1 Å². The fourth-order valence-electron chi connectivity index (χ4n) is 2.18. The maximum absolute atomic E-state index is 11.1. The van der Waals surface area contributed by atoms with Gasteiger partial charge in [0.25, 0.3) is 5.91 Å². The fraction of sp³-hybridized carbons (Fsp3) is 0.118. The van der Waals surface area contributed by atoms with E-state index >= 15 is 0 Å². The van der Waals surface area contributed by atoms with Crippen LogP contribution >= 0.6 is 23.2 Å². The van der Waals surface area contributed by atoms with E-state index in [9.17, 15) is 14.7 Å². The Morgan fingerprint density at radius 1 is 1.14 bits per heavy atom. The standard InChI is InChI=1S/C15H11Cl2N5O2.C2H5NO2/c16-10-1-8(2-11(17)4-10)6-22-7-12(20-21-22)9-3-13(23)14(15(18)24)19-5-9;3-1-2(4)5/h1-5,7,23H,6H2,(H2,18,24);1,3H2,(H,4,5). The van der Waals surface area contributed by atoms with Crippen molar-refractivity contribution in [3.05, 3.63) is 58.0 Å². The molecule has 0 fully saturated rings. The maximum atomic E-state index is 11.1. The molecule has 29 heavy (non-hydrogen) atoms. The monoisotopic (exact) mass is 438 g/mol. The minimum Gasteiger partial charge on any atom is -0.505 e. The molecule has 2 aromatic heterocycles. The first-order valence-corrected chi connectivity index (χ1v) is 8.71. The van der Waals surface area contributed by atoms with Crippen LogP contribution in [0.4, 0.5) is 0 Å². The van der Waals surface area contributed by atoms with Crippen molar-refractivity contribution in [1.82, 2.24) is 20.0 Å². The van der Waals surface area contributed by atoms with Crippen LogP contribution in [0.25, 0.3) is 11.3 Å². The largest absolute Gasteiger partial charge is 0.505 e. The Morgan fingerprint density at radius 2 is 1.76 bits per heavy atom. The molecule has 10 nitrogen and oxygen atoms in total. The number of pyridine rings is 1. The van der Waals surface area contributed by atoms with E-state index in [0.29, 0.717) is 27.8 Å². The molecular weight excluding hydrogens is 423 g/mol. The van der Waals surface area contributed by atoms with Gasteiger partial charge >= 0.3 is 5.97 Å². The number of carboxylic acid groups (broad SMARTS) is 1. The lowest BCUT2D eigenvalue weighted by Crippen LogP contribution is -2.13. The van der Waals surface area contributed by atoms with Crippen LogP contribution in [0, 0.1) is 0 Å². The minimum atomic E-state index is -0.968. The fourth-order valence-corrected chi connectivity index (χ4v) is 2.75. The SMILES string of the molecule is NC(=O)c1ncc(-c2cn(Cc3cc(Cl)cc(Cl)c3)nn2)cc1O.NCC(=O)O. The number of aliphatic carboxylic acids is 1. The third-order valence-corrected chi connectivity index (χ3v) is 3.81. The number of hydrogen-bond acceptors (Lipinski definition) is 7. The van der Waals surface area contributed by atoms with Crippen LogP contribution in [0.2, 0.25) is 10.0 Å². The summed E-state index contributed by atoms with van der Waals surface area (Å²) in [5.41, 5.74) is 11.3. The van der Waals surface area contributed by atoms with Gasteiger partial charge in [-0.15, -0.1) is 5.10 Å². The van der Waals surface area contributed by atoms with Crippen LogP contribution in [-0.2, 0) is 11.3 Å². The van der Waals surface area contributed by atoms with Crippen LogP contribution in [0.1, 0.15) is 16.1 Å². The molecule has 0 aliphatic carbocycles. The number of carbonyl (C=O) groups is 2. The number of halogens is 2. The second kappa shape index (κ2) is 9.82. The quantitative estimate of drug-likeness (QED) is 0.464. The van der Waals surface area contributed by atoms with Gasteiger partial charge in [-0.05, 0) is 29.8 Å². The van der Waals surface area contributed by atoms with Crippen LogP contribution in [0.15, 0.2) is 36.7 Å². The Bertz CT molecular complexity index is 1020. The van der Waals surface area contributed by atoms with Gasteiger partial charge < -0.3 is 21.7 Å². The van der Waals surface area contributed by atoms with Crippen molar-refractivity contribution in [2.45, 2.75) is 6.54 Å². The molecular formula is C17H16Cl2N6O4. The molecule has 6 N–H and O–H groups in total. The van der Waals surface area contributed by atoms with E-state index < -0.39 is 11.9 Å². The second-order valence-corrected chi connectivity index (χ2v) is 6.51. The molecule has 0 unspecified atom stereocenters. The Kier molecular flexibility index (Phi) is 7.48. The number of aromatic hydroxyl groups is 1. The Balaban J connectivity index is 0.000000537. The van der Waals surface area contributed by atoms with E-state index in [1.165, 1.54) is 12.3 Å². The van der Waals surface area contributed by atoms with Gasteiger partial charge in [0.1, 0.15) is 11.4 Å². The lowest BCUT2D eigenvalue weighted by molar-refractivity contribution is -0.135. The zero-order valence-electron chi connectivity index (χ0n) is 14.8. The van der Waals surface area contributed by atoms with Gasteiger partial charge in [0, 0.05) is 21.8 Å². The van der Waals surface area contributed by atoms with Crippen molar-refractivity contribution in [1.29, 1.82) is 0 Å². The summed E-state index contributed by atoms with van der Waals surface area (Å²) < 4.78 is 1.59. The lowest BCUT2D eigenvalue weighted by atomic mass is 10.2. The highest BCUT2D eigenvalue weighted by Gasteiger charge is 2.12. The van der Waals surface area contributed by atoms with Crippen molar-refractivity contribution < 1.29 is 19.8 Å². The molecule has 0 saturated heterocycles. The molecule has 0 spiro atoms. The van der Waals surface area contributed by atoms with E-state index in [1.54, 1.807) is 29.1 Å². The average Bonchev–Trinajstić information content (AvgIpc) is 3.09. The van der Waals surface area contributed by atoms with E-state index in [0.717, 1.165) is 5.56 Å². The molecule has 3 aromatic rings. The summed E-state index contributed by atoms with van der Waals surface area (Å²) >= 11 is 11.9. The molecule has 2 heterocycles. The van der Waals surface area contributed by atoms with Gasteiger partial charge in [-0.1, -0.05) is 28.4 Å². The Labute approximate surface area is 174 Å². The van der Waals surface area contributed by atoms with Gasteiger partial charge in [0.05, 0.1) is 19.3 Å². The predicted molar refractivity (Wildman–Crippen MR) is 106 cm³/mol.